The maximum absolute atomic E-state index is 11.3. The SMILES string of the molecule is Cc1ccc(CCC(=O)CCCO)cc1. The molecule has 0 amide bonds. The van der Waals surface area contributed by atoms with Gasteiger partial charge in [-0.1, -0.05) is 29.8 Å². The maximum atomic E-state index is 11.3. The van der Waals surface area contributed by atoms with Crippen molar-refractivity contribution < 1.29 is 9.90 Å². The predicted molar refractivity (Wildman–Crippen MR) is 60.8 cm³/mol. The first-order chi connectivity index (χ1) is 7.22. The monoisotopic (exact) mass is 206 g/mol. The van der Waals surface area contributed by atoms with Crippen LogP contribution in [0, 0.1) is 6.92 Å². The van der Waals surface area contributed by atoms with Crippen LogP contribution in [0.1, 0.15) is 30.4 Å². The molecule has 0 aromatic heterocycles. The Balaban J connectivity index is 2.30. The van der Waals surface area contributed by atoms with Crippen molar-refractivity contribution in [1.82, 2.24) is 0 Å². The third-order valence-electron chi connectivity index (χ3n) is 2.43. The van der Waals surface area contributed by atoms with Crippen LogP contribution in [0.15, 0.2) is 24.3 Å². The van der Waals surface area contributed by atoms with Crippen molar-refractivity contribution in [1.29, 1.82) is 0 Å². The van der Waals surface area contributed by atoms with Gasteiger partial charge in [0.15, 0.2) is 0 Å². The van der Waals surface area contributed by atoms with Gasteiger partial charge in [-0.25, -0.2) is 0 Å². The van der Waals surface area contributed by atoms with Crippen LogP contribution >= 0.6 is 0 Å². The van der Waals surface area contributed by atoms with Crippen molar-refractivity contribution in [2.45, 2.75) is 32.6 Å². The number of carbonyl (C=O) groups is 1. The van der Waals surface area contributed by atoms with Gasteiger partial charge in [0.05, 0.1) is 0 Å². The lowest BCUT2D eigenvalue weighted by Gasteiger charge is -2.01. The van der Waals surface area contributed by atoms with Gasteiger partial charge in [0.1, 0.15) is 5.78 Å². The summed E-state index contributed by atoms with van der Waals surface area (Å²) in [7, 11) is 0. The molecule has 0 saturated carbocycles. The quantitative estimate of drug-likeness (QED) is 0.775. The van der Waals surface area contributed by atoms with E-state index in [2.05, 4.69) is 31.2 Å². The van der Waals surface area contributed by atoms with Crippen molar-refractivity contribution in [2.75, 3.05) is 6.61 Å². The third-order valence-corrected chi connectivity index (χ3v) is 2.43. The summed E-state index contributed by atoms with van der Waals surface area (Å²) in [6.45, 7) is 2.16. The Morgan fingerprint density at radius 1 is 1.20 bits per heavy atom. The fourth-order valence-electron chi connectivity index (χ4n) is 1.44. The number of aliphatic hydroxyl groups is 1. The Labute approximate surface area is 90.9 Å². The van der Waals surface area contributed by atoms with Crippen molar-refractivity contribution in [3.05, 3.63) is 35.4 Å². The van der Waals surface area contributed by atoms with Crippen LogP contribution in [-0.4, -0.2) is 17.5 Å². The van der Waals surface area contributed by atoms with Crippen LogP contribution in [0.5, 0.6) is 0 Å². The summed E-state index contributed by atoms with van der Waals surface area (Å²) in [5.74, 6) is 0.240. The molecular weight excluding hydrogens is 188 g/mol. The molecule has 1 aromatic carbocycles. The number of rotatable bonds is 6. The van der Waals surface area contributed by atoms with E-state index >= 15 is 0 Å². The first-order valence-electron chi connectivity index (χ1n) is 5.40. The first kappa shape index (κ1) is 11.9. The van der Waals surface area contributed by atoms with E-state index in [4.69, 9.17) is 5.11 Å². The lowest BCUT2D eigenvalue weighted by molar-refractivity contribution is -0.119. The van der Waals surface area contributed by atoms with E-state index in [1.165, 1.54) is 11.1 Å². The molecule has 1 N–H and O–H groups in total. The summed E-state index contributed by atoms with van der Waals surface area (Å²) in [4.78, 5) is 11.3. The molecule has 0 spiro atoms. The molecule has 2 nitrogen and oxygen atoms in total. The average molecular weight is 206 g/mol. The van der Waals surface area contributed by atoms with Crippen LogP contribution in [0.4, 0.5) is 0 Å². The zero-order valence-electron chi connectivity index (χ0n) is 9.20. The third kappa shape index (κ3) is 4.75. The van der Waals surface area contributed by atoms with Gasteiger partial charge >= 0.3 is 0 Å². The summed E-state index contributed by atoms with van der Waals surface area (Å²) >= 11 is 0. The van der Waals surface area contributed by atoms with Crippen LogP contribution in [0.3, 0.4) is 0 Å². The van der Waals surface area contributed by atoms with Crippen LogP contribution < -0.4 is 0 Å². The summed E-state index contributed by atoms with van der Waals surface area (Å²) in [6.07, 6.45) is 2.49. The zero-order chi connectivity index (χ0) is 11.1. The summed E-state index contributed by atoms with van der Waals surface area (Å²) < 4.78 is 0. The Hall–Kier alpha value is -1.15. The molecule has 0 saturated heterocycles. The van der Waals surface area contributed by atoms with E-state index in [0.717, 1.165) is 6.42 Å². The van der Waals surface area contributed by atoms with Gasteiger partial charge in [-0.05, 0) is 25.3 Å². The second-order valence-electron chi connectivity index (χ2n) is 3.85. The molecule has 0 fully saturated rings. The minimum atomic E-state index is 0.107. The van der Waals surface area contributed by atoms with Crippen molar-refractivity contribution in [3.63, 3.8) is 0 Å². The molecule has 0 aliphatic heterocycles. The molecule has 0 bridgehead atoms. The largest absolute Gasteiger partial charge is 0.396 e. The summed E-state index contributed by atoms with van der Waals surface area (Å²) in [5, 5.41) is 8.58. The zero-order valence-corrected chi connectivity index (χ0v) is 9.20. The van der Waals surface area contributed by atoms with Gasteiger partial charge in [-0.2, -0.15) is 0 Å². The molecule has 0 radical (unpaired) electrons. The van der Waals surface area contributed by atoms with Crippen LogP contribution in [0.2, 0.25) is 0 Å². The highest BCUT2D eigenvalue weighted by Gasteiger charge is 2.01. The fourth-order valence-corrected chi connectivity index (χ4v) is 1.44. The van der Waals surface area contributed by atoms with Crippen molar-refractivity contribution in [2.24, 2.45) is 0 Å². The number of Topliss-reactive ketones (excluding diaryl/α,β-unsaturated/α-hetero) is 1. The molecule has 82 valence electrons. The van der Waals surface area contributed by atoms with E-state index in [1.807, 2.05) is 0 Å². The molecule has 1 aromatic rings. The first-order valence-corrected chi connectivity index (χ1v) is 5.40. The topological polar surface area (TPSA) is 37.3 Å². The van der Waals surface area contributed by atoms with E-state index in [0.29, 0.717) is 19.3 Å². The number of ketones is 1. The minimum Gasteiger partial charge on any atom is -0.396 e. The number of benzene rings is 1. The number of hydrogen-bond acceptors (Lipinski definition) is 2. The normalized spacial score (nSPS) is 10.3. The van der Waals surface area contributed by atoms with Crippen LogP contribution in [0.25, 0.3) is 0 Å². The number of aliphatic hydroxyl groups excluding tert-OH is 1. The standard InChI is InChI=1S/C13H18O2/c1-11-4-6-12(7-5-11)8-9-13(15)3-2-10-14/h4-7,14H,2-3,8-10H2,1H3. The smallest absolute Gasteiger partial charge is 0.133 e. The molecule has 0 atom stereocenters. The Morgan fingerprint density at radius 2 is 1.87 bits per heavy atom. The minimum absolute atomic E-state index is 0.107. The van der Waals surface area contributed by atoms with Gasteiger partial charge in [0.2, 0.25) is 0 Å². The molecule has 0 aliphatic carbocycles. The van der Waals surface area contributed by atoms with E-state index in [-0.39, 0.29) is 12.4 Å². The Kier molecular flexibility index (Phi) is 5.05. The Morgan fingerprint density at radius 3 is 2.47 bits per heavy atom. The molecule has 0 heterocycles. The highest BCUT2D eigenvalue weighted by Crippen LogP contribution is 2.07. The van der Waals surface area contributed by atoms with Crippen LogP contribution in [-0.2, 0) is 11.2 Å². The molecule has 1 rings (SSSR count). The van der Waals surface area contributed by atoms with Gasteiger partial charge < -0.3 is 5.11 Å². The average Bonchev–Trinajstić information content (AvgIpc) is 2.25. The molecule has 0 unspecified atom stereocenters. The molecule has 2 heteroatoms. The molecule has 0 aliphatic rings. The summed E-state index contributed by atoms with van der Waals surface area (Å²) in [6, 6.07) is 8.25. The number of hydrogen-bond donors (Lipinski definition) is 1. The lowest BCUT2D eigenvalue weighted by Crippen LogP contribution is -2.01. The van der Waals surface area contributed by atoms with E-state index < -0.39 is 0 Å². The second kappa shape index (κ2) is 6.36. The highest BCUT2D eigenvalue weighted by atomic mass is 16.3. The number of carbonyl (C=O) groups excluding carboxylic acids is 1. The van der Waals surface area contributed by atoms with Gasteiger partial charge in [0, 0.05) is 19.4 Å². The highest BCUT2D eigenvalue weighted by molar-refractivity contribution is 5.78. The van der Waals surface area contributed by atoms with Gasteiger partial charge in [-0.15, -0.1) is 0 Å². The van der Waals surface area contributed by atoms with Gasteiger partial charge in [-0.3, -0.25) is 4.79 Å². The second-order valence-corrected chi connectivity index (χ2v) is 3.85. The molecule has 15 heavy (non-hydrogen) atoms. The van der Waals surface area contributed by atoms with Crippen molar-refractivity contribution >= 4 is 5.78 Å². The van der Waals surface area contributed by atoms with E-state index in [1.54, 1.807) is 0 Å². The summed E-state index contributed by atoms with van der Waals surface area (Å²) in [5.41, 5.74) is 2.45. The lowest BCUT2D eigenvalue weighted by atomic mass is 10.0. The Bertz CT molecular complexity index is 301. The van der Waals surface area contributed by atoms with Gasteiger partial charge in [0.25, 0.3) is 0 Å². The van der Waals surface area contributed by atoms with E-state index in [9.17, 15) is 4.79 Å². The maximum Gasteiger partial charge on any atom is 0.133 e. The fraction of sp³-hybridized carbons (Fsp3) is 0.462. The number of aryl methyl sites for hydroxylation is 2. The predicted octanol–water partition coefficient (Wildman–Crippen LogP) is 2.27. The molecular formula is C13H18O2. The van der Waals surface area contributed by atoms with Crippen molar-refractivity contribution in [3.8, 4) is 0 Å².